The molecule has 0 aromatic carbocycles. The molecule has 1 rings (SSSR count). The van der Waals surface area contributed by atoms with Gasteiger partial charge in [0.25, 0.3) is 0 Å². The molecule has 0 aliphatic heterocycles. The predicted molar refractivity (Wildman–Crippen MR) is 73.5 cm³/mol. The van der Waals surface area contributed by atoms with E-state index in [-0.39, 0.29) is 40.6 Å². The Labute approximate surface area is 155 Å². The first kappa shape index (κ1) is 22.6. The zero-order chi connectivity index (χ0) is 14.4. The molecule has 0 aromatic rings. The Morgan fingerprint density at radius 1 is 1.10 bits per heavy atom. The minimum absolute atomic E-state index is 0. The van der Waals surface area contributed by atoms with Crippen LogP contribution in [-0.2, 0) is 43.7 Å². The minimum Gasteiger partial charge on any atom is -0.396 e. The van der Waals surface area contributed by atoms with Crippen LogP contribution in [0.15, 0.2) is 35.5 Å². The van der Waals surface area contributed by atoms with Gasteiger partial charge in [-0.3, -0.25) is 11.8 Å². The fourth-order valence-electron chi connectivity index (χ4n) is 1.50. The predicted octanol–water partition coefficient (Wildman–Crippen LogP) is 2.33. The first-order valence-electron chi connectivity index (χ1n) is 5.29. The van der Waals surface area contributed by atoms with Gasteiger partial charge in [0.15, 0.2) is 0 Å². The van der Waals surface area contributed by atoms with Crippen molar-refractivity contribution in [2.45, 2.75) is 17.2 Å². The summed E-state index contributed by atoms with van der Waals surface area (Å²) in [5, 5.41) is -1.96. The van der Waals surface area contributed by atoms with E-state index in [0.29, 0.717) is 11.1 Å². The molecule has 0 N–H and O–H groups in total. The van der Waals surface area contributed by atoms with Gasteiger partial charge in [0.2, 0.25) is 0 Å². The topological polar surface area (TPSA) is 34.1 Å². The molecule has 2 nitrogen and oxygen atoms in total. The third-order valence-corrected chi connectivity index (χ3v) is 3.61. The number of Topliss-reactive ketones (excluding diaryl/α,β-unsaturated/α-hetero) is 2. The van der Waals surface area contributed by atoms with Crippen LogP contribution < -0.4 is 0 Å². The van der Waals surface area contributed by atoms with E-state index in [4.69, 9.17) is 36.0 Å². The standard InChI is InChI=1S/C15H8Cl2O2.2Cu/c1-3-12(18)10-7-5-6-8-11(9-10)14(16)15(17)13(19)4-2;;/h5-8,14-15H,9H2;;/q-2;2*+1. The van der Waals surface area contributed by atoms with Crippen molar-refractivity contribution in [2.24, 2.45) is 0 Å². The summed E-state index contributed by atoms with van der Waals surface area (Å²) < 4.78 is 0. The van der Waals surface area contributed by atoms with Gasteiger partial charge in [0, 0.05) is 0 Å². The molecule has 21 heavy (non-hydrogen) atoms. The quantitative estimate of drug-likeness (QED) is 0.304. The Hall–Kier alpha value is -0.701. The molecule has 0 radical (unpaired) electrons. The third-order valence-electron chi connectivity index (χ3n) is 2.50. The van der Waals surface area contributed by atoms with Gasteiger partial charge in [-0.25, -0.2) is 0 Å². The van der Waals surface area contributed by atoms with Crippen molar-refractivity contribution in [3.8, 4) is 11.8 Å². The summed E-state index contributed by atoms with van der Waals surface area (Å²) in [6, 6.07) is 0. The molecule has 1 aliphatic carbocycles. The van der Waals surface area contributed by atoms with Crippen LogP contribution in [0.4, 0.5) is 0 Å². The summed E-state index contributed by atoms with van der Waals surface area (Å²) in [6.45, 7) is 0. The summed E-state index contributed by atoms with van der Waals surface area (Å²) in [5.41, 5.74) is 0.907. The number of halogens is 2. The summed E-state index contributed by atoms with van der Waals surface area (Å²) in [5.74, 6) is 2.19. The van der Waals surface area contributed by atoms with Crippen LogP contribution in [0, 0.1) is 24.7 Å². The Bertz CT molecular complexity index is 577. The zero-order valence-corrected chi connectivity index (χ0v) is 13.7. The number of alkyl halides is 2. The molecule has 0 spiro atoms. The molecule has 0 saturated carbocycles. The van der Waals surface area contributed by atoms with Crippen LogP contribution in [0.25, 0.3) is 0 Å². The number of rotatable bonds is 4. The SMILES string of the molecule is [C-]#CC(=O)C1=CC=CC=C(C(Cl)C(Cl)C(=O)C#[C-])C1.[Cu+].[Cu+]. The van der Waals surface area contributed by atoms with Crippen LogP contribution in [0.3, 0.4) is 0 Å². The summed E-state index contributed by atoms with van der Waals surface area (Å²) in [7, 11) is 0. The van der Waals surface area contributed by atoms with Crippen molar-refractivity contribution in [1.82, 2.24) is 0 Å². The minimum atomic E-state index is -1.11. The number of carbonyl (C=O) groups is 2. The first-order chi connectivity index (χ1) is 9.01. The van der Waals surface area contributed by atoms with Gasteiger partial charge in [0.05, 0.1) is 22.3 Å². The van der Waals surface area contributed by atoms with Crippen LogP contribution in [0.1, 0.15) is 6.42 Å². The fourth-order valence-corrected chi connectivity index (χ4v) is 1.98. The van der Waals surface area contributed by atoms with Crippen LogP contribution in [0.5, 0.6) is 0 Å². The van der Waals surface area contributed by atoms with E-state index in [1.165, 1.54) is 0 Å². The molecular formula is C15H8Cl2Cu2O2. The third kappa shape index (κ3) is 6.29. The van der Waals surface area contributed by atoms with Crippen molar-refractivity contribution < 1.29 is 43.7 Å². The van der Waals surface area contributed by atoms with E-state index in [2.05, 4.69) is 0 Å². The van der Waals surface area contributed by atoms with Gasteiger partial charge >= 0.3 is 34.1 Å². The van der Waals surface area contributed by atoms with E-state index in [1.807, 2.05) is 0 Å². The maximum Gasteiger partial charge on any atom is 1.00 e. The van der Waals surface area contributed by atoms with E-state index in [9.17, 15) is 9.59 Å². The van der Waals surface area contributed by atoms with Crippen LogP contribution in [0.2, 0.25) is 0 Å². The Kier molecular flexibility index (Phi) is 11.8. The second-order valence-corrected chi connectivity index (χ2v) is 4.68. The maximum atomic E-state index is 11.4. The molecule has 6 heteroatoms. The van der Waals surface area contributed by atoms with E-state index < -0.39 is 22.3 Å². The van der Waals surface area contributed by atoms with E-state index in [1.54, 1.807) is 36.1 Å². The molecule has 2 unspecified atom stereocenters. The summed E-state index contributed by atoms with van der Waals surface area (Å²) in [4.78, 5) is 22.7. The van der Waals surface area contributed by atoms with Crippen molar-refractivity contribution in [1.29, 1.82) is 0 Å². The second kappa shape index (κ2) is 10.9. The van der Waals surface area contributed by atoms with Crippen LogP contribution >= 0.6 is 23.2 Å². The van der Waals surface area contributed by atoms with Gasteiger partial charge < -0.3 is 22.4 Å². The molecule has 2 atom stereocenters. The Morgan fingerprint density at radius 2 is 1.67 bits per heavy atom. The zero-order valence-electron chi connectivity index (χ0n) is 10.3. The largest absolute Gasteiger partial charge is 1.00 e. The number of allylic oxidation sites excluding steroid dienone is 6. The fraction of sp³-hybridized carbons (Fsp3) is 0.200. The van der Waals surface area contributed by atoms with E-state index >= 15 is 0 Å². The molecule has 0 heterocycles. The maximum absolute atomic E-state index is 11.4. The van der Waals surface area contributed by atoms with Crippen molar-refractivity contribution >= 4 is 34.8 Å². The number of carbonyl (C=O) groups excluding carboxylic acids is 2. The molecule has 0 saturated heterocycles. The van der Waals surface area contributed by atoms with Gasteiger partial charge in [0.1, 0.15) is 0 Å². The second-order valence-electron chi connectivity index (χ2n) is 3.74. The summed E-state index contributed by atoms with van der Waals surface area (Å²) >= 11 is 11.9. The molecule has 1 aliphatic rings. The average molecular weight is 418 g/mol. The van der Waals surface area contributed by atoms with Gasteiger partial charge in [-0.05, 0) is 12.0 Å². The number of hydrogen-bond donors (Lipinski definition) is 0. The molecular weight excluding hydrogens is 410 g/mol. The molecule has 0 fully saturated rings. The average Bonchev–Trinajstić information content (AvgIpc) is 2.69. The summed E-state index contributed by atoms with van der Waals surface area (Å²) in [6.07, 6.45) is 20.3. The van der Waals surface area contributed by atoms with Gasteiger partial charge in [-0.15, -0.1) is 23.2 Å². The monoisotopic (exact) mass is 416 g/mol. The van der Waals surface area contributed by atoms with E-state index in [0.717, 1.165) is 0 Å². The first-order valence-corrected chi connectivity index (χ1v) is 6.16. The van der Waals surface area contributed by atoms with Crippen molar-refractivity contribution in [2.75, 3.05) is 0 Å². The normalized spacial score (nSPS) is 15.4. The molecule has 116 valence electrons. The number of ketones is 2. The van der Waals surface area contributed by atoms with Crippen LogP contribution in [-0.4, -0.2) is 22.3 Å². The molecule has 0 aromatic heterocycles. The van der Waals surface area contributed by atoms with Gasteiger partial charge in [-0.1, -0.05) is 29.9 Å². The Morgan fingerprint density at radius 3 is 2.19 bits per heavy atom. The van der Waals surface area contributed by atoms with Crippen molar-refractivity contribution in [3.05, 3.63) is 48.3 Å². The molecule has 0 amide bonds. The van der Waals surface area contributed by atoms with Gasteiger partial charge in [-0.2, -0.15) is 0 Å². The smallest absolute Gasteiger partial charge is 0.396 e. The number of hydrogen-bond acceptors (Lipinski definition) is 2. The van der Waals surface area contributed by atoms with Crippen molar-refractivity contribution in [3.63, 3.8) is 0 Å². The Balaban J connectivity index is 0. The molecule has 0 bridgehead atoms.